The Labute approximate surface area is 158 Å². The Kier molecular flexibility index (Phi) is 4.10. The lowest BCUT2D eigenvalue weighted by Gasteiger charge is -2.59. The van der Waals surface area contributed by atoms with Crippen LogP contribution in [0.25, 0.3) is 0 Å². The standard InChI is InChI=1S/C21H28O6/c1-19-6-5-12(23)7-11(19)3-4-13-14-8-16(25)21(27,17(26)10-22)20(14,2)9-15(24)18(13)19/h5-7,13-16,18,22,24-25,27H,3-4,8-10H2,1-2H3/t13?,14?,15-,16+,18?,19-,20-,21-/m1/s1. The summed E-state index contributed by atoms with van der Waals surface area (Å²) in [6, 6.07) is 0. The molecule has 6 nitrogen and oxygen atoms in total. The van der Waals surface area contributed by atoms with Crippen molar-refractivity contribution in [3.63, 3.8) is 0 Å². The van der Waals surface area contributed by atoms with E-state index in [1.54, 1.807) is 19.1 Å². The van der Waals surface area contributed by atoms with Crippen LogP contribution in [0.2, 0.25) is 0 Å². The summed E-state index contributed by atoms with van der Waals surface area (Å²) < 4.78 is 0. The first kappa shape index (κ1) is 19.0. The maximum absolute atomic E-state index is 12.4. The van der Waals surface area contributed by atoms with Gasteiger partial charge in [-0.25, -0.2) is 0 Å². The SMILES string of the molecule is C[C@@]12C=CC(=O)C=C1CCC1C2[C@H](O)C[C@]2(C)C1C[C@H](O)[C@@]2(O)C(=O)CO. The van der Waals surface area contributed by atoms with E-state index in [0.29, 0.717) is 0 Å². The summed E-state index contributed by atoms with van der Waals surface area (Å²) in [5.41, 5.74) is -2.46. The number of allylic oxidation sites excluding steroid dienone is 4. The van der Waals surface area contributed by atoms with Crippen LogP contribution in [0, 0.1) is 28.6 Å². The molecule has 8 atom stereocenters. The number of fused-ring (bicyclic) bond motifs is 5. The Hall–Kier alpha value is -1.34. The number of carbonyl (C=O) groups excluding carboxylic acids is 2. The second kappa shape index (κ2) is 5.83. The number of hydrogen-bond acceptors (Lipinski definition) is 6. The van der Waals surface area contributed by atoms with Crippen molar-refractivity contribution < 1.29 is 30.0 Å². The van der Waals surface area contributed by atoms with Gasteiger partial charge >= 0.3 is 0 Å². The second-order valence-electron chi connectivity index (χ2n) is 9.31. The third kappa shape index (κ3) is 2.21. The molecule has 3 fully saturated rings. The minimum atomic E-state index is -2.05. The summed E-state index contributed by atoms with van der Waals surface area (Å²) in [7, 11) is 0. The Balaban J connectivity index is 1.78. The van der Waals surface area contributed by atoms with E-state index in [1.165, 1.54) is 0 Å². The van der Waals surface area contributed by atoms with Crippen LogP contribution in [0.4, 0.5) is 0 Å². The Bertz CT molecular complexity index is 756. The molecule has 3 unspecified atom stereocenters. The molecule has 0 spiro atoms. The number of hydrogen-bond donors (Lipinski definition) is 4. The third-order valence-electron chi connectivity index (χ3n) is 8.28. The van der Waals surface area contributed by atoms with Crippen LogP contribution in [0.1, 0.15) is 39.5 Å². The van der Waals surface area contributed by atoms with E-state index in [1.807, 2.05) is 13.0 Å². The molecule has 6 heteroatoms. The van der Waals surface area contributed by atoms with Gasteiger partial charge in [0.2, 0.25) is 0 Å². The van der Waals surface area contributed by atoms with E-state index in [-0.39, 0.29) is 36.4 Å². The number of Topliss-reactive ketones (excluding diaryl/α,β-unsaturated/α-hetero) is 1. The molecule has 3 saturated carbocycles. The minimum absolute atomic E-state index is 0.00826. The first-order valence-electron chi connectivity index (χ1n) is 9.76. The first-order chi connectivity index (χ1) is 12.6. The molecule has 0 aliphatic heterocycles. The summed E-state index contributed by atoms with van der Waals surface area (Å²) in [6.07, 6.45) is 4.97. The minimum Gasteiger partial charge on any atom is -0.393 e. The molecule has 0 aromatic rings. The molecule has 4 rings (SSSR count). The molecule has 0 aromatic carbocycles. The Morgan fingerprint density at radius 3 is 2.67 bits per heavy atom. The fourth-order valence-electron chi connectivity index (χ4n) is 6.96. The van der Waals surface area contributed by atoms with Crippen LogP contribution >= 0.6 is 0 Å². The van der Waals surface area contributed by atoms with Crippen LogP contribution in [-0.4, -0.2) is 56.4 Å². The van der Waals surface area contributed by atoms with E-state index in [9.17, 15) is 30.0 Å². The normalized spacial score (nSPS) is 51.3. The maximum atomic E-state index is 12.4. The molecule has 0 radical (unpaired) electrons. The van der Waals surface area contributed by atoms with Crippen molar-refractivity contribution in [2.75, 3.05) is 6.61 Å². The molecule has 4 N–H and O–H groups in total. The van der Waals surface area contributed by atoms with E-state index in [0.717, 1.165) is 18.4 Å². The van der Waals surface area contributed by atoms with Gasteiger partial charge in [0.05, 0.1) is 12.2 Å². The molecule has 27 heavy (non-hydrogen) atoms. The summed E-state index contributed by atoms with van der Waals surface area (Å²) >= 11 is 0. The highest BCUT2D eigenvalue weighted by atomic mass is 16.4. The largest absolute Gasteiger partial charge is 0.393 e. The van der Waals surface area contributed by atoms with Gasteiger partial charge in [0.25, 0.3) is 0 Å². The highest BCUT2D eigenvalue weighted by Crippen LogP contribution is 2.67. The average molecular weight is 376 g/mol. The molecule has 4 aliphatic rings. The van der Waals surface area contributed by atoms with Crippen molar-refractivity contribution >= 4 is 11.6 Å². The van der Waals surface area contributed by atoms with E-state index < -0.39 is 41.0 Å². The van der Waals surface area contributed by atoms with Gasteiger partial charge in [-0.3, -0.25) is 9.59 Å². The summed E-state index contributed by atoms with van der Waals surface area (Å²) in [6.45, 7) is 2.96. The molecule has 0 saturated heterocycles. The lowest BCUT2D eigenvalue weighted by Crippen LogP contribution is -2.63. The van der Waals surface area contributed by atoms with Gasteiger partial charge in [-0.1, -0.05) is 25.5 Å². The number of rotatable bonds is 2. The zero-order chi connectivity index (χ0) is 19.8. The Morgan fingerprint density at radius 2 is 2.00 bits per heavy atom. The van der Waals surface area contributed by atoms with Crippen LogP contribution in [0.3, 0.4) is 0 Å². The lowest BCUT2D eigenvalue weighted by atomic mass is 9.46. The van der Waals surface area contributed by atoms with Crippen LogP contribution in [-0.2, 0) is 9.59 Å². The van der Waals surface area contributed by atoms with Crippen molar-refractivity contribution in [2.24, 2.45) is 28.6 Å². The van der Waals surface area contributed by atoms with Crippen molar-refractivity contribution in [3.05, 3.63) is 23.8 Å². The van der Waals surface area contributed by atoms with Crippen molar-refractivity contribution in [3.8, 4) is 0 Å². The van der Waals surface area contributed by atoms with E-state index >= 15 is 0 Å². The van der Waals surface area contributed by atoms with Gasteiger partial charge in [0.1, 0.15) is 6.61 Å². The van der Waals surface area contributed by atoms with Gasteiger partial charge in [-0.2, -0.15) is 0 Å². The monoisotopic (exact) mass is 376 g/mol. The molecule has 4 aliphatic carbocycles. The fourth-order valence-corrected chi connectivity index (χ4v) is 6.96. The fraction of sp³-hybridized carbons (Fsp3) is 0.714. The molecule has 148 valence electrons. The second-order valence-corrected chi connectivity index (χ2v) is 9.31. The predicted molar refractivity (Wildman–Crippen MR) is 96.4 cm³/mol. The van der Waals surface area contributed by atoms with E-state index in [2.05, 4.69) is 0 Å². The summed E-state index contributed by atoms with van der Waals surface area (Å²) in [5.74, 6) is -1.09. The van der Waals surface area contributed by atoms with Crippen molar-refractivity contribution in [1.29, 1.82) is 0 Å². The Morgan fingerprint density at radius 1 is 1.30 bits per heavy atom. The third-order valence-corrected chi connectivity index (χ3v) is 8.28. The van der Waals surface area contributed by atoms with Gasteiger partial charge in [-0.15, -0.1) is 0 Å². The number of aliphatic hydroxyl groups excluding tert-OH is 3. The number of carbonyl (C=O) groups is 2. The molecule has 0 heterocycles. The number of aliphatic hydroxyl groups is 4. The summed E-state index contributed by atoms with van der Waals surface area (Å²) in [5, 5.41) is 42.3. The van der Waals surface area contributed by atoms with Gasteiger partial charge in [-0.05, 0) is 49.7 Å². The van der Waals surface area contributed by atoms with Gasteiger partial charge in [0.15, 0.2) is 17.2 Å². The topological polar surface area (TPSA) is 115 Å². The lowest BCUT2D eigenvalue weighted by molar-refractivity contribution is -0.190. The average Bonchev–Trinajstić information content (AvgIpc) is 2.82. The zero-order valence-electron chi connectivity index (χ0n) is 15.8. The molecular weight excluding hydrogens is 348 g/mol. The molecule has 0 aromatic heterocycles. The molecular formula is C21H28O6. The van der Waals surface area contributed by atoms with E-state index in [4.69, 9.17) is 0 Å². The smallest absolute Gasteiger partial charge is 0.192 e. The van der Waals surface area contributed by atoms with Crippen molar-refractivity contribution in [2.45, 2.75) is 57.3 Å². The zero-order valence-corrected chi connectivity index (χ0v) is 15.8. The number of ketones is 2. The maximum Gasteiger partial charge on any atom is 0.192 e. The summed E-state index contributed by atoms with van der Waals surface area (Å²) in [4.78, 5) is 24.2. The van der Waals surface area contributed by atoms with Crippen LogP contribution in [0.15, 0.2) is 23.8 Å². The van der Waals surface area contributed by atoms with Crippen molar-refractivity contribution in [1.82, 2.24) is 0 Å². The molecule has 0 amide bonds. The van der Waals surface area contributed by atoms with Crippen LogP contribution in [0.5, 0.6) is 0 Å². The van der Waals surface area contributed by atoms with Crippen LogP contribution < -0.4 is 0 Å². The highest BCUT2D eigenvalue weighted by molar-refractivity contribution is 6.01. The quantitative estimate of drug-likeness (QED) is 0.559. The predicted octanol–water partition coefficient (Wildman–Crippen LogP) is 0.528. The molecule has 0 bridgehead atoms. The van der Waals surface area contributed by atoms with Gasteiger partial charge in [0, 0.05) is 16.7 Å². The highest BCUT2D eigenvalue weighted by Gasteiger charge is 2.71. The van der Waals surface area contributed by atoms with Gasteiger partial charge < -0.3 is 20.4 Å². The first-order valence-corrected chi connectivity index (χ1v) is 9.76.